The van der Waals surface area contributed by atoms with Crippen molar-refractivity contribution in [2.45, 2.75) is 13.0 Å². The molecule has 7 nitrogen and oxygen atoms in total. The smallest absolute Gasteiger partial charge is 0.338 e. The molecule has 1 atom stereocenters. The van der Waals surface area contributed by atoms with E-state index < -0.39 is 12.0 Å². The molecule has 34 heavy (non-hydrogen) atoms. The van der Waals surface area contributed by atoms with Crippen LogP contribution in [0.1, 0.15) is 24.1 Å². The highest BCUT2D eigenvalue weighted by atomic mass is 16.5. The van der Waals surface area contributed by atoms with E-state index in [1.54, 1.807) is 21.1 Å². The minimum atomic E-state index is -0.567. The molecule has 0 unspecified atom stereocenters. The lowest BCUT2D eigenvalue weighted by atomic mass is 9.91. The van der Waals surface area contributed by atoms with Crippen molar-refractivity contribution in [1.29, 1.82) is 0 Å². The van der Waals surface area contributed by atoms with Gasteiger partial charge in [0.05, 0.1) is 43.1 Å². The number of benzene rings is 3. The van der Waals surface area contributed by atoms with Crippen LogP contribution in [0.3, 0.4) is 0 Å². The summed E-state index contributed by atoms with van der Waals surface area (Å²) in [6.07, 6.45) is 0. The van der Waals surface area contributed by atoms with Gasteiger partial charge < -0.3 is 19.5 Å². The molecule has 0 amide bonds. The summed E-state index contributed by atoms with van der Waals surface area (Å²) in [4.78, 5) is 18.4. The van der Waals surface area contributed by atoms with Crippen LogP contribution in [0.15, 0.2) is 78.4 Å². The molecule has 3 aromatic carbocycles. The van der Waals surface area contributed by atoms with E-state index in [1.165, 1.54) is 0 Å². The Balaban J connectivity index is 1.88. The third kappa shape index (κ3) is 3.55. The number of rotatable bonds is 6. The monoisotopic (exact) mass is 455 g/mol. The molecule has 0 radical (unpaired) electrons. The number of aromatic nitrogens is 2. The third-order valence-electron chi connectivity index (χ3n) is 5.92. The number of para-hydroxylation sites is 2. The molecule has 2 heterocycles. The Hall–Kier alpha value is -4.26. The number of esters is 1. The van der Waals surface area contributed by atoms with Crippen LogP contribution in [-0.4, -0.2) is 36.3 Å². The Kier molecular flexibility index (Phi) is 5.67. The highest BCUT2D eigenvalue weighted by Gasteiger charge is 2.38. The van der Waals surface area contributed by atoms with Crippen molar-refractivity contribution >= 4 is 28.6 Å². The molecule has 1 aromatic heterocycles. The summed E-state index contributed by atoms with van der Waals surface area (Å²) in [5.74, 6) is 1.51. The van der Waals surface area contributed by atoms with Crippen LogP contribution in [-0.2, 0) is 9.53 Å². The minimum Gasteiger partial charge on any atom is -0.497 e. The molecule has 7 heteroatoms. The van der Waals surface area contributed by atoms with Gasteiger partial charge in [-0.3, -0.25) is 4.57 Å². The van der Waals surface area contributed by atoms with E-state index in [9.17, 15) is 4.79 Å². The number of hydrogen-bond donors (Lipinski definition) is 1. The van der Waals surface area contributed by atoms with Crippen molar-refractivity contribution in [3.63, 3.8) is 0 Å². The Morgan fingerprint density at radius 3 is 2.50 bits per heavy atom. The number of methoxy groups -OCH3 is 2. The van der Waals surface area contributed by atoms with E-state index in [0.717, 1.165) is 22.2 Å². The molecule has 172 valence electrons. The zero-order chi connectivity index (χ0) is 23.7. The SMILES string of the molecule is CCOC(=O)C1=C(c2ccccc2)Nc2nc3ccccc3n2[C@@H]1c1cc(OC)ccc1OC. The predicted octanol–water partition coefficient (Wildman–Crippen LogP) is 5.04. The summed E-state index contributed by atoms with van der Waals surface area (Å²) in [5, 5.41) is 3.42. The Morgan fingerprint density at radius 1 is 1.00 bits per heavy atom. The van der Waals surface area contributed by atoms with E-state index in [2.05, 4.69) is 5.32 Å². The molecule has 0 aliphatic carbocycles. The van der Waals surface area contributed by atoms with Gasteiger partial charge in [0.2, 0.25) is 5.95 Å². The highest BCUT2D eigenvalue weighted by molar-refractivity contribution is 6.03. The molecule has 0 saturated heterocycles. The average molecular weight is 456 g/mol. The van der Waals surface area contributed by atoms with E-state index in [0.29, 0.717) is 28.7 Å². The number of imidazole rings is 1. The van der Waals surface area contributed by atoms with Crippen LogP contribution in [0.4, 0.5) is 5.95 Å². The van der Waals surface area contributed by atoms with E-state index in [-0.39, 0.29) is 6.61 Å². The van der Waals surface area contributed by atoms with Crippen LogP contribution in [0, 0.1) is 0 Å². The summed E-state index contributed by atoms with van der Waals surface area (Å²) >= 11 is 0. The fourth-order valence-electron chi connectivity index (χ4n) is 4.44. The molecule has 0 fully saturated rings. The average Bonchev–Trinajstić information content (AvgIpc) is 3.26. The lowest BCUT2D eigenvalue weighted by Gasteiger charge is -2.32. The number of fused-ring (bicyclic) bond motifs is 3. The lowest BCUT2D eigenvalue weighted by molar-refractivity contribution is -0.138. The van der Waals surface area contributed by atoms with Gasteiger partial charge in [-0.05, 0) is 42.8 Å². The van der Waals surface area contributed by atoms with Crippen LogP contribution < -0.4 is 14.8 Å². The second-order valence-electron chi connectivity index (χ2n) is 7.80. The Bertz CT molecular complexity index is 1390. The Morgan fingerprint density at radius 2 is 1.76 bits per heavy atom. The molecular weight excluding hydrogens is 430 g/mol. The first-order chi connectivity index (χ1) is 16.7. The van der Waals surface area contributed by atoms with Gasteiger partial charge in [-0.25, -0.2) is 9.78 Å². The van der Waals surface area contributed by atoms with E-state index in [4.69, 9.17) is 19.2 Å². The largest absolute Gasteiger partial charge is 0.497 e. The summed E-state index contributed by atoms with van der Waals surface area (Å²) in [6.45, 7) is 2.06. The van der Waals surface area contributed by atoms with Crippen molar-refractivity contribution in [2.75, 3.05) is 26.1 Å². The fraction of sp³-hybridized carbons (Fsp3) is 0.185. The summed E-state index contributed by atoms with van der Waals surface area (Å²) < 4.78 is 18.9. The fourth-order valence-corrected chi connectivity index (χ4v) is 4.44. The van der Waals surface area contributed by atoms with Gasteiger partial charge >= 0.3 is 5.97 Å². The minimum absolute atomic E-state index is 0.254. The van der Waals surface area contributed by atoms with Crippen LogP contribution in [0.25, 0.3) is 16.7 Å². The quantitative estimate of drug-likeness (QED) is 0.411. The summed E-state index contributed by atoms with van der Waals surface area (Å²) in [5.41, 5.74) is 4.44. The molecule has 1 aliphatic rings. The molecule has 5 rings (SSSR count). The number of anilines is 1. The number of carbonyl (C=O) groups excluding carboxylic acids is 1. The highest BCUT2D eigenvalue weighted by Crippen LogP contribution is 2.45. The van der Waals surface area contributed by atoms with Gasteiger partial charge in [-0.1, -0.05) is 42.5 Å². The molecule has 0 bridgehead atoms. The Labute approximate surface area is 197 Å². The second kappa shape index (κ2) is 8.94. The normalized spacial score (nSPS) is 15.0. The predicted molar refractivity (Wildman–Crippen MR) is 131 cm³/mol. The van der Waals surface area contributed by atoms with Crippen molar-refractivity contribution < 1.29 is 19.0 Å². The number of carbonyl (C=O) groups is 1. The van der Waals surface area contributed by atoms with Crippen molar-refractivity contribution in [1.82, 2.24) is 9.55 Å². The summed E-state index contributed by atoms with van der Waals surface area (Å²) in [6, 6.07) is 22.6. The number of nitrogens with one attached hydrogen (secondary N) is 1. The molecule has 0 saturated carbocycles. The zero-order valence-electron chi connectivity index (χ0n) is 19.2. The lowest BCUT2D eigenvalue weighted by Crippen LogP contribution is -2.29. The molecule has 0 spiro atoms. The van der Waals surface area contributed by atoms with Gasteiger partial charge in [0.1, 0.15) is 17.5 Å². The van der Waals surface area contributed by atoms with Crippen LogP contribution in [0.5, 0.6) is 11.5 Å². The maximum atomic E-state index is 13.6. The van der Waals surface area contributed by atoms with Crippen LogP contribution in [0.2, 0.25) is 0 Å². The standard InChI is InChI=1S/C27H25N3O4/c1-4-34-26(31)23-24(17-10-6-5-7-11-17)29-27-28-20-12-8-9-13-21(20)30(27)25(23)19-16-18(32-2)14-15-22(19)33-3/h5-16,25H,4H2,1-3H3,(H,28,29)/t25-/m1/s1. The third-order valence-corrected chi connectivity index (χ3v) is 5.92. The second-order valence-corrected chi connectivity index (χ2v) is 7.80. The molecule has 4 aromatic rings. The maximum absolute atomic E-state index is 13.6. The maximum Gasteiger partial charge on any atom is 0.338 e. The molecular formula is C27H25N3O4. The van der Waals surface area contributed by atoms with Gasteiger partial charge in [0, 0.05) is 5.56 Å². The van der Waals surface area contributed by atoms with Crippen molar-refractivity contribution in [3.05, 3.63) is 89.5 Å². The molecule has 1 N–H and O–H groups in total. The zero-order valence-corrected chi connectivity index (χ0v) is 19.2. The first kappa shape index (κ1) is 21.6. The van der Waals surface area contributed by atoms with Gasteiger partial charge in [0.15, 0.2) is 0 Å². The first-order valence-corrected chi connectivity index (χ1v) is 11.1. The van der Waals surface area contributed by atoms with Crippen molar-refractivity contribution in [2.24, 2.45) is 0 Å². The van der Waals surface area contributed by atoms with Gasteiger partial charge in [0.25, 0.3) is 0 Å². The van der Waals surface area contributed by atoms with E-state index in [1.807, 2.05) is 77.4 Å². The summed E-state index contributed by atoms with van der Waals surface area (Å²) in [7, 11) is 3.23. The van der Waals surface area contributed by atoms with E-state index >= 15 is 0 Å². The first-order valence-electron chi connectivity index (χ1n) is 11.1. The number of nitrogens with zero attached hydrogens (tertiary/aromatic N) is 2. The number of hydrogen-bond acceptors (Lipinski definition) is 6. The van der Waals surface area contributed by atoms with Gasteiger partial charge in [-0.2, -0.15) is 0 Å². The molecule has 1 aliphatic heterocycles. The number of ether oxygens (including phenoxy) is 3. The van der Waals surface area contributed by atoms with Crippen LogP contribution >= 0.6 is 0 Å². The topological polar surface area (TPSA) is 74.6 Å². The van der Waals surface area contributed by atoms with Gasteiger partial charge in [-0.15, -0.1) is 0 Å². The van der Waals surface area contributed by atoms with Crippen molar-refractivity contribution in [3.8, 4) is 11.5 Å².